The first-order valence-corrected chi connectivity index (χ1v) is 7.19. The summed E-state index contributed by atoms with van der Waals surface area (Å²) in [5.41, 5.74) is 0.616. The average Bonchev–Trinajstić information content (AvgIpc) is 3.02. The Hall–Kier alpha value is 0.0700. The van der Waals surface area contributed by atoms with E-state index in [2.05, 4.69) is 31.9 Å². The van der Waals surface area contributed by atoms with Crippen LogP contribution in [0, 0.1) is 17.7 Å². The monoisotopic (exact) mass is 350 g/mol. The fourth-order valence-electron chi connectivity index (χ4n) is 1.68. The maximum Gasteiger partial charge on any atom is 0.128 e. The van der Waals surface area contributed by atoms with Crippen molar-refractivity contribution in [2.45, 2.75) is 13.0 Å². The number of hydrogen-bond acceptors (Lipinski definition) is 1. The van der Waals surface area contributed by atoms with Gasteiger partial charge in [-0.05, 0) is 36.5 Å². The Labute approximate surface area is 112 Å². The molecule has 88 valence electrons. The first-order chi connectivity index (χ1) is 7.70. The molecule has 1 fully saturated rings. The van der Waals surface area contributed by atoms with E-state index in [1.807, 2.05) is 0 Å². The Balaban J connectivity index is 1.79. The zero-order chi connectivity index (χ0) is 11.5. The zero-order valence-electron chi connectivity index (χ0n) is 8.76. The minimum atomic E-state index is -0.198. The average molecular weight is 352 g/mol. The van der Waals surface area contributed by atoms with Gasteiger partial charge in [-0.15, -0.1) is 0 Å². The van der Waals surface area contributed by atoms with Crippen LogP contribution in [0.15, 0.2) is 22.7 Å². The molecule has 1 saturated carbocycles. The van der Waals surface area contributed by atoms with Crippen LogP contribution in [-0.4, -0.2) is 11.9 Å². The van der Waals surface area contributed by atoms with E-state index in [9.17, 15) is 4.39 Å². The highest BCUT2D eigenvalue weighted by Gasteiger charge is 2.35. The number of rotatable bonds is 5. The summed E-state index contributed by atoms with van der Waals surface area (Å²) >= 11 is 6.77. The summed E-state index contributed by atoms with van der Waals surface area (Å²) < 4.78 is 19.8. The number of alkyl halides is 1. The molecule has 0 N–H and O–H groups in total. The maximum absolute atomic E-state index is 13.3. The van der Waals surface area contributed by atoms with Crippen molar-refractivity contribution >= 4 is 31.9 Å². The van der Waals surface area contributed by atoms with E-state index in [1.165, 1.54) is 12.5 Å². The zero-order valence-corrected chi connectivity index (χ0v) is 11.9. The summed E-state index contributed by atoms with van der Waals surface area (Å²) in [5.74, 6) is 1.22. The van der Waals surface area contributed by atoms with Gasteiger partial charge in [0.25, 0.3) is 0 Å². The maximum atomic E-state index is 13.3. The van der Waals surface area contributed by atoms with Gasteiger partial charge in [0.15, 0.2) is 0 Å². The number of benzene rings is 1. The predicted octanol–water partition coefficient (Wildman–Crippen LogP) is 4.14. The van der Waals surface area contributed by atoms with Gasteiger partial charge in [-0.3, -0.25) is 0 Å². The molecule has 0 heterocycles. The first-order valence-electron chi connectivity index (χ1n) is 5.28. The van der Waals surface area contributed by atoms with Crippen molar-refractivity contribution in [1.82, 2.24) is 0 Å². The van der Waals surface area contributed by atoms with Crippen LogP contribution in [0.3, 0.4) is 0 Å². The second kappa shape index (κ2) is 5.61. The largest absolute Gasteiger partial charge is 0.376 e. The lowest BCUT2D eigenvalue weighted by Gasteiger charge is -2.05. The molecule has 2 rings (SSSR count). The van der Waals surface area contributed by atoms with Crippen molar-refractivity contribution in [3.05, 3.63) is 34.1 Å². The topological polar surface area (TPSA) is 9.23 Å². The Bertz CT molecular complexity index is 370. The van der Waals surface area contributed by atoms with Gasteiger partial charge < -0.3 is 4.74 Å². The van der Waals surface area contributed by atoms with E-state index in [1.54, 1.807) is 12.1 Å². The molecule has 2 atom stereocenters. The Morgan fingerprint density at radius 1 is 1.38 bits per heavy atom. The molecule has 0 aliphatic heterocycles. The molecule has 16 heavy (non-hydrogen) atoms. The third-order valence-electron chi connectivity index (χ3n) is 2.86. The lowest BCUT2D eigenvalue weighted by atomic mass is 10.2. The third-order valence-corrected chi connectivity index (χ3v) is 4.19. The highest BCUT2D eigenvalue weighted by molar-refractivity contribution is 9.10. The van der Waals surface area contributed by atoms with E-state index in [0.29, 0.717) is 18.1 Å². The standard InChI is InChI=1S/C12H13Br2FO/c13-5-8-3-9(8)6-16-7-10-4-11(14)1-2-12(10)15/h1-2,4,8-9H,3,5-7H2/t8-,9-/m1/s1. The number of hydrogen-bond donors (Lipinski definition) is 0. The van der Waals surface area contributed by atoms with Crippen LogP contribution in [0.4, 0.5) is 4.39 Å². The molecule has 1 nitrogen and oxygen atoms in total. The highest BCUT2D eigenvalue weighted by atomic mass is 79.9. The van der Waals surface area contributed by atoms with Gasteiger partial charge in [0, 0.05) is 15.4 Å². The molecule has 4 heteroatoms. The third kappa shape index (κ3) is 3.28. The Kier molecular flexibility index (Phi) is 4.39. The minimum Gasteiger partial charge on any atom is -0.376 e. The quantitative estimate of drug-likeness (QED) is 0.724. The second-order valence-electron chi connectivity index (χ2n) is 4.16. The molecule has 1 aliphatic carbocycles. The van der Waals surface area contributed by atoms with E-state index in [-0.39, 0.29) is 5.82 Å². The van der Waals surface area contributed by atoms with Crippen LogP contribution in [0.25, 0.3) is 0 Å². The van der Waals surface area contributed by atoms with Crippen molar-refractivity contribution < 1.29 is 9.13 Å². The van der Waals surface area contributed by atoms with Crippen LogP contribution >= 0.6 is 31.9 Å². The smallest absolute Gasteiger partial charge is 0.128 e. The summed E-state index contributed by atoms with van der Waals surface area (Å²) in [5, 5.41) is 1.05. The molecular formula is C12H13Br2FO. The molecule has 1 aliphatic rings. The molecule has 0 amide bonds. The van der Waals surface area contributed by atoms with E-state index >= 15 is 0 Å². The fourth-order valence-corrected chi connectivity index (χ4v) is 2.88. The van der Waals surface area contributed by atoms with E-state index < -0.39 is 0 Å². The molecule has 0 radical (unpaired) electrons. The molecule has 1 aromatic rings. The lowest BCUT2D eigenvalue weighted by Crippen LogP contribution is -2.01. The summed E-state index contributed by atoms with van der Waals surface area (Å²) in [4.78, 5) is 0. The summed E-state index contributed by atoms with van der Waals surface area (Å²) in [6.07, 6.45) is 1.23. The van der Waals surface area contributed by atoms with Crippen LogP contribution in [0.2, 0.25) is 0 Å². The molecule has 0 spiro atoms. The SMILES string of the molecule is Fc1ccc(Br)cc1COC[C@H]1C[C@@H]1CBr. The van der Waals surface area contributed by atoms with Gasteiger partial charge in [0.05, 0.1) is 13.2 Å². The summed E-state index contributed by atoms with van der Waals surface area (Å²) in [7, 11) is 0. The second-order valence-corrected chi connectivity index (χ2v) is 5.72. The van der Waals surface area contributed by atoms with Gasteiger partial charge >= 0.3 is 0 Å². The predicted molar refractivity (Wildman–Crippen MR) is 69.1 cm³/mol. The van der Waals surface area contributed by atoms with Crippen LogP contribution in [-0.2, 0) is 11.3 Å². The van der Waals surface area contributed by atoms with Crippen LogP contribution in [0.1, 0.15) is 12.0 Å². The lowest BCUT2D eigenvalue weighted by molar-refractivity contribution is 0.106. The van der Waals surface area contributed by atoms with Crippen molar-refractivity contribution in [2.24, 2.45) is 11.8 Å². The first kappa shape index (κ1) is 12.5. The van der Waals surface area contributed by atoms with Gasteiger partial charge in [-0.2, -0.15) is 0 Å². The molecule has 0 bridgehead atoms. The van der Waals surface area contributed by atoms with E-state index in [4.69, 9.17) is 4.74 Å². The van der Waals surface area contributed by atoms with Gasteiger partial charge in [-0.1, -0.05) is 31.9 Å². The number of halogens is 3. The van der Waals surface area contributed by atoms with Crippen molar-refractivity contribution in [3.8, 4) is 0 Å². The van der Waals surface area contributed by atoms with Crippen LogP contribution < -0.4 is 0 Å². The summed E-state index contributed by atoms with van der Waals surface area (Å²) in [6, 6.07) is 4.92. The Morgan fingerprint density at radius 3 is 2.88 bits per heavy atom. The fraction of sp³-hybridized carbons (Fsp3) is 0.500. The molecule has 0 saturated heterocycles. The molecule has 1 aromatic carbocycles. The number of ether oxygens (including phenoxy) is 1. The van der Waals surface area contributed by atoms with Gasteiger partial charge in [-0.25, -0.2) is 4.39 Å². The highest BCUT2D eigenvalue weighted by Crippen LogP contribution is 2.39. The Morgan fingerprint density at radius 2 is 2.19 bits per heavy atom. The molecular weight excluding hydrogens is 339 g/mol. The normalized spacial score (nSPS) is 23.4. The van der Waals surface area contributed by atoms with Crippen LogP contribution in [0.5, 0.6) is 0 Å². The molecule has 0 unspecified atom stereocenters. The minimum absolute atomic E-state index is 0.198. The summed E-state index contributed by atoms with van der Waals surface area (Å²) in [6.45, 7) is 1.10. The van der Waals surface area contributed by atoms with Gasteiger partial charge in [0.1, 0.15) is 5.82 Å². The van der Waals surface area contributed by atoms with Crippen molar-refractivity contribution in [2.75, 3.05) is 11.9 Å². The molecule has 0 aromatic heterocycles. The van der Waals surface area contributed by atoms with E-state index in [0.717, 1.165) is 22.3 Å². The van der Waals surface area contributed by atoms with Gasteiger partial charge in [0.2, 0.25) is 0 Å². The van der Waals surface area contributed by atoms with Crippen molar-refractivity contribution in [1.29, 1.82) is 0 Å². The van der Waals surface area contributed by atoms with Crippen molar-refractivity contribution in [3.63, 3.8) is 0 Å².